The smallest absolute Gasteiger partial charge is 0.240 e. The number of nitrogens with one attached hydrogen (secondary N) is 1. The molecule has 0 atom stereocenters. The van der Waals surface area contributed by atoms with E-state index in [0.717, 1.165) is 38.8 Å². The summed E-state index contributed by atoms with van der Waals surface area (Å²) in [7, 11) is -3.54. The summed E-state index contributed by atoms with van der Waals surface area (Å²) in [6.07, 6.45) is 4.23. The largest absolute Gasteiger partial charge is 0.343 e. The second kappa shape index (κ2) is 10.4. The Morgan fingerprint density at radius 2 is 1.61 bits per heavy atom. The molecule has 0 saturated heterocycles. The number of carbonyl (C=O) groups excluding carboxylic acids is 1. The van der Waals surface area contributed by atoms with E-state index in [1.807, 2.05) is 4.90 Å². The highest BCUT2D eigenvalue weighted by atomic mass is 32.2. The van der Waals surface area contributed by atoms with Crippen molar-refractivity contribution in [2.24, 2.45) is 0 Å². The molecule has 0 unspecified atom stereocenters. The Balaban J connectivity index is 2.50. The Kier molecular flexibility index (Phi) is 8.87. The molecule has 0 aromatic heterocycles. The zero-order valence-electron chi connectivity index (χ0n) is 14.1. The molecule has 1 aromatic carbocycles. The fourth-order valence-corrected chi connectivity index (χ4v) is 3.25. The summed E-state index contributed by atoms with van der Waals surface area (Å²) in [6.45, 7) is 5.82. The summed E-state index contributed by atoms with van der Waals surface area (Å²) in [4.78, 5) is 14.3. The van der Waals surface area contributed by atoms with Crippen molar-refractivity contribution in [2.75, 3.05) is 19.6 Å². The molecule has 1 N–H and O–H groups in total. The van der Waals surface area contributed by atoms with E-state index in [1.165, 1.54) is 0 Å². The second-order valence-electron chi connectivity index (χ2n) is 5.55. The first kappa shape index (κ1) is 19.6. The summed E-state index contributed by atoms with van der Waals surface area (Å²) in [5.74, 6) is 0.0164. The van der Waals surface area contributed by atoms with Gasteiger partial charge in [-0.05, 0) is 25.0 Å². The van der Waals surface area contributed by atoms with Crippen molar-refractivity contribution >= 4 is 15.9 Å². The molecule has 5 nitrogen and oxygen atoms in total. The van der Waals surface area contributed by atoms with Crippen molar-refractivity contribution in [3.05, 3.63) is 30.3 Å². The lowest BCUT2D eigenvalue weighted by Gasteiger charge is -2.22. The van der Waals surface area contributed by atoms with Gasteiger partial charge in [-0.25, -0.2) is 13.1 Å². The van der Waals surface area contributed by atoms with E-state index in [-0.39, 0.29) is 23.8 Å². The van der Waals surface area contributed by atoms with Gasteiger partial charge in [0.15, 0.2) is 0 Å². The summed E-state index contributed by atoms with van der Waals surface area (Å²) in [5.41, 5.74) is 0. The minimum atomic E-state index is -3.54. The minimum Gasteiger partial charge on any atom is -0.343 e. The van der Waals surface area contributed by atoms with Gasteiger partial charge in [0, 0.05) is 26.1 Å². The van der Waals surface area contributed by atoms with Crippen LogP contribution in [0, 0.1) is 0 Å². The highest BCUT2D eigenvalue weighted by Gasteiger charge is 2.16. The molecule has 0 aliphatic carbocycles. The molecule has 1 amide bonds. The predicted molar refractivity (Wildman–Crippen MR) is 92.6 cm³/mol. The fraction of sp³-hybridized carbons (Fsp3) is 0.588. The maximum atomic E-state index is 12.3. The van der Waals surface area contributed by atoms with Gasteiger partial charge in [-0.1, -0.05) is 44.9 Å². The van der Waals surface area contributed by atoms with Crippen LogP contribution in [0.25, 0.3) is 0 Å². The maximum Gasteiger partial charge on any atom is 0.240 e. The van der Waals surface area contributed by atoms with E-state index < -0.39 is 10.0 Å². The van der Waals surface area contributed by atoms with Crippen LogP contribution in [-0.2, 0) is 14.8 Å². The SMILES string of the molecule is CCCCN(CCCC)C(=O)CCNS(=O)(=O)c1ccccc1. The topological polar surface area (TPSA) is 66.5 Å². The number of unbranched alkanes of at least 4 members (excludes halogenated alkanes) is 2. The van der Waals surface area contributed by atoms with Crippen molar-refractivity contribution in [3.63, 3.8) is 0 Å². The summed E-state index contributed by atoms with van der Waals surface area (Å²) >= 11 is 0. The Labute approximate surface area is 140 Å². The Morgan fingerprint density at radius 3 is 2.13 bits per heavy atom. The molecule has 1 rings (SSSR count). The van der Waals surface area contributed by atoms with Crippen molar-refractivity contribution in [3.8, 4) is 0 Å². The van der Waals surface area contributed by atoms with Crippen molar-refractivity contribution < 1.29 is 13.2 Å². The molecule has 0 heterocycles. The third-order valence-corrected chi connectivity index (χ3v) is 5.08. The molecule has 0 aliphatic heterocycles. The normalized spacial score (nSPS) is 11.4. The highest BCUT2D eigenvalue weighted by Crippen LogP contribution is 2.07. The van der Waals surface area contributed by atoms with Crippen molar-refractivity contribution in [1.82, 2.24) is 9.62 Å². The fourth-order valence-electron chi connectivity index (χ4n) is 2.19. The van der Waals surface area contributed by atoms with E-state index in [0.29, 0.717) is 0 Å². The van der Waals surface area contributed by atoms with Gasteiger partial charge in [0.1, 0.15) is 0 Å². The third-order valence-electron chi connectivity index (χ3n) is 3.60. The number of benzene rings is 1. The zero-order chi connectivity index (χ0) is 17.1. The lowest BCUT2D eigenvalue weighted by molar-refractivity contribution is -0.131. The van der Waals surface area contributed by atoms with Gasteiger partial charge in [-0.2, -0.15) is 0 Å². The molecule has 6 heteroatoms. The van der Waals surface area contributed by atoms with Gasteiger partial charge >= 0.3 is 0 Å². The van der Waals surface area contributed by atoms with E-state index >= 15 is 0 Å². The number of amides is 1. The molecular weight excluding hydrogens is 312 g/mol. The maximum absolute atomic E-state index is 12.3. The van der Waals surface area contributed by atoms with Crippen LogP contribution in [0.5, 0.6) is 0 Å². The Bertz CT molecular complexity index is 550. The average molecular weight is 340 g/mol. The lowest BCUT2D eigenvalue weighted by Crippen LogP contribution is -2.35. The first-order valence-electron chi connectivity index (χ1n) is 8.33. The molecule has 23 heavy (non-hydrogen) atoms. The van der Waals surface area contributed by atoms with Gasteiger partial charge in [-0.3, -0.25) is 4.79 Å². The van der Waals surface area contributed by atoms with Crippen molar-refractivity contribution in [1.29, 1.82) is 0 Å². The first-order chi connectivity index (χ1) is 11.0. The molecule has 0 aliphatic rings. The van der Waals surface area contributed by atoms with Crippen molar-refractivity contribution in [2.45, 2.75) is 50.8 Å². The number of hydrogen-bond donors (Lipinski definition) is 1. The quantitative estimate of drug-likeness (QED) is 0.673. The summed E-state index contributed by atoms with van der Waals surface area (Å²) in [6, 6.07) is 8.20. The van der Waals surface area contributed by atoms with Gasteiger partial charge in [0.25, 0.3) is 0 Å². The number of sulfonamides is 1. The second-order valence-corrected chi connectivity index (χ2v) is 7.32. The van der Waals surface area contributed by atoms with E-state index in [9.17, 15) is 13.2 Å². The summed E-state index contributed by atoms with van der Waals surface area (Å²) < 4.78 is 26.7. The summed E-state index contributed by atoms with van der Waals surface area (Å²) in [5, 5.41) is 0. The minimum absolute atomic E-state index is 0.0164. The van der Waals surface area contributed by atoms with E-state index in [2.05, 4.69) is 18.6 Å². The third kappa shape index (κ3) is 7.14. The average Bonchev–Trinajstić information content (AvgIpc) is 2.55. The van der Waals surface area contributed by atoms with Gasteiger partial charge < -0.3 is 4.90 Å². The molecule has 0 fully saturated rings. The molecule has 1 aromatic rings. The van der Waals surface area contributed by atoms with Crippen LogP contribution in [0.3, 0.4) is 0 Å². The number of nitrogens with zero attached hydrogens (tertiary/aromatic N) is 1. The standard InChI is InChI=1S/C17H28N2O3S/c1-3-5-14-19(15-6-4-2)17(20)12-13-18-23(21,22)16-10-8-7-9-11-16/h7-11,18H,3-6,12-15H2,1-2H3. The van der Waals surface area contributed by atoms with Gasteiger partial charge in [0.2, 0.25) is 15.9 Å². The molecule has 0 saturated carbocycles. The molecular formula is C17H28N2O3S. The molecule has 0 radical (unpaired) electrons. The van der Waals surface area contributed by atoms with Crippen LogP contribution < -0.4 is 4.72 Å². The van der Waals surface area contributed by atoms with Crippen LogP contribution in [0.15, 0.2) is 35.2 Å². The number of hydrogen-bond acceptors (Lipinski definition) is 3. The number of rotatable bonds is 11. The van der Waals surface area contributed by atoms with Gasteiger partial charge in [0.05, 0.1) is 4.90 Å². The highest BCUT2D eigenvalue weighted by molar-refractivity contribution is 7.89. The van der Waals surface area contributed by atoms with Crippen LogP contribution >= 0.6 is 0 Å². The van der Waals surface area contributed by atoms with Crippen LogP contribution in [0.4, 0.5) is 0 Å². The van der Waals surface area contributed by atoms with Gasteiger partial charge in [-0.15, -0.1) is 0 Å². The molecule has 0 spiro atoms. The Morgan fingerprint density at radius 1 is 1.04 bits per heavy atom. The lowest BCUT2D eigenvalue weighted by atomic mass is 10.2. The zero-order valence-corrected chi connectivity index (χ0v) is 14.9. The number of carbonyl (C=O) groups is 1. The predicted octanol–water partition coefficient (Wildman–Crippen LogP) is 2.78. The monoisotopic (exact) mass is 340 g/mol. The molecule has 130 valence electrons. The van der Waals surface area contributed by atoms with Crippen LogP contribution in [0.1, 0.15) is 46.0 Å². The van der Waals surface area contributed by atoms with Crippen LogP contribution in [0.2, 0.25) is 0 Å². The molecule has 0 bridgehead atoms. The Hall–Kier alpha value is -1.40. The van der Waals surface area contributed by atoms with E-state index in [1.54, 1.807) is 30.3 Å². The first-order valence-corrected chi connectivity index (χ1v) is 9.82. The van der Waals surface area contributed by atoms with E-state index in [4.69, 9.17) is 0 Å². The van der Waals surface area contributed by atoms with Crippen LogP contribution in [-0.4, -0.2) is 38.9 Å².